The lowest BCUT2D eigenvalue weighted by atomic mass is 10.1. The molecule has 0 aliphatic heterocycles. The summed E-state index contributed by atoms with van der Waals surface area (Å²) in [5, 5.41) is 0.906. The van der Waals surface area contributed by atoms with Gasteiger partial charge in [0, 0.05) is 9.80 Å². The minimum atomic E-state index is 0.906. The number of halogens is 2. The summed E-state index contributed by atoms with van der Waals surface area (Å²) in [7, 11) is 0. The smallest absolute Gasteiger partial charge is 0.0283 e. The van der Waals surface area contributed by atoms with E-state index in [0.717, 1.165) is 9.80 Å². The third kappa shape index (κ3) is 3.83. The molecule has 0 nitrogen and oxygen atoms in total. The monoisotopic (exact) mass is 350 g/mol. The molecule has 0 aromatic heterocycles. The highest BCUT2D eigenvalue weighted by Crippen LogP contribution is 2.14. The summed E-state index contributed by atoms with van der Waals surface area (Å²) in [6.07, 6.45) is 4.25. The van der Waals surface area contributed by atoms with E-state index in [1.54, 1.807) is 0 Å². The van der Waals surface area contributed by atoms with E-state index in [1.165, 1.54) is 16.7 Å². The molecule has 0 radical (unpaired) electrons. The van der Waals surface area contributed by atoms with Gasteiger partial charge in [-0.1, -0.05) is 80.4 Å². The Balaban J connectivity index is 2.11. The molecule has 0 fully saturated rings. The Morgan fingerprint density at radius 1 is 0.765 bits per heavy atom. The maximum atomic E-state index is 3.44. The lowest BCUT2D eigenvalue weighted by Crippen LogP contribution is -1.77. The van der Waals surface area contributed by atoms with Crippen molar-refractivity contribution in [1.82, 2.24) is 0 Å². The Labute approximate surface area is 119 Å². The molecule has 0 aliphatic rings. The molecule has 2 aromatic carbocycles. The van der Waals surface area contributed by atoms with Gasteiger partial charge in [-0.3, -0.25) is 0 Å². The molecule has 2 heteroatoms. The standard InChI is InChI=1S/C15H12Br2/c16-11-14-5-3-12(4-6-14)1-2-13-7-9-15(17)10-8-13/h1-10H,11H2/b2-1+. The van der Waals surface area contributed by atoms with Crippen molar-refractivity contribution in [2.45, 2.75) is 5.33 Å². The molecule has 0 bridgehead atoms. The van der Waals surface area contributed by atoms with Gasteiger partial charge in [0.2, 0.25) is 0 Å². The van der Waals surface area contributed by atoms with Crippen molar-refractivity contribution in [2.24, 2.45) is 0 Å². The highest BCUT2D eigenvalue weighted by Gasteiger charge is 1.91. The van der Waals surface area contributed by atoms with Crippen molar-refractivity contribution in [3.8, 4) is 0 Å². The van der Waals surface area contributed by atoms with Crippen LogP contribution >= 0.6 is 31.9 Å². The lowest BCUT2D eigenvalue weighted by molar-refractivity contribution is 1.43. The molecular formula is C15H12Br2. The summed E-state index contributed by atoms with van der Waals surface area (Å²) in [5.41, 5.74) is 3.72. The number of rotatable bonds is 3. The largest absolute Gasteiger partial charge is 0.0876 e. The van der Waals surface area contributed by atoms with E-state index >= 15 is 0 Å². The summed E-state index contributed by atoms with van der Waals surface area (Å²) in [4.78, 5) is 0. The molecule has 0 amide bonds. The number of hydrogen-bond acceptors (Lipinski definition) is 0. The molecule has 0 atom stereocenters. The SMILES string of the molecule is BrCc1ccc(/C=C/c2ccc(Br)cc2)cc1. The summed E-state index contributed by atoms with van der Waals surface area (Å²) in [6, 6.07) is 16.8. The third-order valence-corrected chi connectivity index (χ3v) is 3.65. The van der Waals surface area contributed by atoms with Gasteiger partial charge >= 0.3 is 0 Å². The van der Waals surface area contributed by atoms with E-state index in [9.17, 15) is 0 Å². The first kappa shape index (κ1) is 12.6. The minimum Gasteiger partial charge on any atom is -0.0876 e. The first-order chi connectivity index (χ1) is 8.28. The Hall–Kier alpha value is -0.860. The number of hydrogen-bond donors (Lipinski definition) is 0. The molecule has 0 unspecified atom stereocenters. The van der Waals surface area contributed by atoms with Crippen LogP contribution in [0.1, 0.15) is 16.7 Å². The van der Waals surface area contributed by atoms with Crippen LogP contribution in [-0.4, -0.2) is 0 Å². The zero-order valence-electron chi connectivity index (χ0n) is 9.24. The summed E-state index contributed by atoms with van der Waals surface area (Å²) >= 11 is 6.87. The molecule has 0 spiro atoms. The van der Waals surface area contributed by atoms with Crippen molar-refractivity contribution in [3.63, 3.8) is 0 Å². The molecule has 2 rings (SSSR count). The van der Waals surface area contributed by atoms with Gasteiger partial charge in [0.25, 0.3) is 0 Å². The first-order valence-corrected chi connectivity index (χ1v) is 7.28. The highest BCUT2D eigenvalue weighted by atomic mass is 79.9. The molecule has 0 saturated heterocycles. The van der Waals surface area contributed by atoms with Crippen LogP contribution in [0.25, 0.3) is 12.2 Å². The predicted molar refractivity (Wildman–Crippen MR) is 82.1 cm³/mol. The maximum Gasteiger partial charge on any atom is 0.0283 e. The molecule has 17 heavy (non-hydrogen) atoms. The van der Waals surface area contributed by atoms with Crippen LogP contribution in [0.5, 0.6) is 0 Å². The normalized spacial score (nSPS) is 10.9. The fourth-order valence-corrected chi connectivity index (χ4v) is 2.12. The van der Waals surface area contributed by atoms with Gasteiger partial charge in [-0.05, 0) is 28.8 Å². The van der Waals surface area contributed by atoms with Crippen molar-refractivity contribution in [3.05, 3.63) is 69.7 Å². The minimum absolute atomic E-state index is 0.906. The quantitative estimate of drug-likeness (QED) is 0.505. The topological polar surface area (TPSA) is 0 Å². The second kappa shape index (κ2) is 6.18. The van der Waals surface area contributed by atoms with Crippen molar-refractivity contribution >= 4 is 44.0 Å². The molecule has 0 aliphatic carbocycles. The Morgan fingerprint density at radius 3 is 1.71 bits per heavy atom. The van der Waals surface area contributed by atoms with Gasteiger partial charge in [0.15, 0.2) is 0 Å². The molecule has 0 N–H and O–H groups in total. The van der Waals surface area contributed by atoms with Gasteiger partial charge in [0.05, 0.1) is 0 Å². The predicted octanol–water partition coefficient (Wildman–Crippen LogP) is 5.51. The zero-order valence-corrected chi connectivity index (χ0v) is 12.4. The zero-order chi connectivity index (χ0) is 12.1. The highest BCUT2D eigenvalue weighted by molar-refractivity contribution is 9.10. The average Bonchev–Trinajstić information content (AvgIpc) is 2.39. The van der Waals surface area contributed by atoms with E-state index < -0.39 is 0 Å². The van der Waals surface area contributed by atoms with E-state index in [1.807, 2.05) is 12.1 Å². The van der Waals surface area contributed by atoms with Crippen LogP contribution in [0.15, 0.2) is 53.0 Å². The molecule has 0 heterocycles. The third-order valence-electron chi connectivity index (χ3n) is 2.47. The summed E-state index contributed by atoms with van der Waals surface area (Å²) < 4.78 is 1.11. The van der Waals surface area contributed by atoms with Gasteiger partial charge in [-0.25, -0.2) is 0 Å². The van der Waals surface area contributed by atoms with Crippen molar-refractivity contribution in [2.75, 3.05) is 0 Å². The Morgan fingerprint density at radius 2 is 1.24 bits per heavy atom. The van der Waals surface area contributed by atoms with E-state index in [-0.39, 0.29) is 0 Å². The van der Waals surface area contributed by atoms with Crippen molar-refractivity contribution in [1.29, 1.82) is 0 Å². The van der Waals surface area contributed by atoms with Crippen LogP contribution < -0.4 is 0 Å². The summed E-state index contributed by atoms with van der Waals surface area (Å²) in [6.45, 7) is 0. The maximum absolute atomic E-state index is 3.44. The van der Waals surface area contributed by atoms with Gasteiger partial charge < -0.3 is 0 Å². The Kier molecular flexibility index (Phi) is 4.57. The summed E-state index contributed by atoms with van der Waals surface area (Å²) in [5.74, 6) is 0. The second-order valence-electron chi connectivity index (χ2n) is 3.76. The van der Waals surface area contributed by atoms with Crippen LogP contribution in [0.4, 0.5) is 0 Å². The van der Waals surface area contributed by atoms with E-state index in [0.29, 0.717) is 0 Å². The molecule has 86 valence electrons. The lowest BCUT2D eigenvalue weighted by Gasteiger charge is -1.97. The molecule has 2 aromatic rings. The van der Waals surface area contributed by atoms with E-state index in [4.69, 9.17) is 0 Å². The number of benzene rings is 2. The molecule has 0 saturated carbocycles. The van der Waals surface area contributed by atoms with Crippen LogP contribution in [0, 0.1) is 0 Å². The second-order valence-corrected chi connectivity index (χ2v) is 5.24. The van der Waals surface area contributed by atoms with Gasteiger partial charge in [-0.15, -0.1) is 0 Å². The van der Waals surface area contributed by atoms with Crippen molar-refractivity contribution < 1.29 is 0 Å². The van der Waals surface area contributed by atoms with E-state index in [2.05, 4.69) is 80.4 Å². The first-order valence-electron chi connectivity index (χ1n) is 5.36. The average molecular weight is 352 g/mol. The Bertz CT molecular complexity index is 495. The van der Waals surface area contributed by atoms with Gasteiger partial charge in [-0.2, -0.15) is 0 Å². The number of alkyl halides is 1. The molecular weight excluding hydrogens is 340 g/mol. The van der Waals surface area contributed by atoms with Gasteiger partial charge in [0.1, 0.15) is 0 Å². The van der Waals surface area contributed by atoms with Crippen LogP contribution in [-0.2, 0) is 5.33 Å². The van der Waals surface area contributed by atoms with Crippen LogP contribution in [0.2, 0.25) is 0 Å². The fourth-order valence-electron chi connectivity index (χ4n) is 1.48. The fraction of sp³-hybridized carbons (Fsp3) is 0.0667. The van der Waals surface area contributed by atoms with Crippen LogP contribution in [0.3, 0.4) is 0 Å².